The van der Waals surface area contributed by atoms with Crippen LogP contribution in [0.2, 0.25) is 5.02 Å². The summed E-state index contributed by atoms with van der Waals surface area (Å²) in [5.74, 6) is 0.766. The minimum Gasteiger partial charge on any atom is -0.484 e. The molecule has 1 aromatic carbocycles. The van der Waals surface area contributed by atoms with Gasteiger partial charge in [-0.3, -0.25) is 4.79 Å². The second-order valence-electron chi connectivity index (χ2n) is 6.24. The molecule has 136 valence electrons. The monoisotopic (exact) mass is 353 g/mol. The first-order chi connectivity index (χ1) is 11.7. The zero-order chi connectivity index (χ0) is 17.6. The van der Waals surface area contributed by atoms with Crippen molar-refractivity contribution in [2.45, 2.75) is 65.2 Å². The lowest BCUT2D eigenvalue weighted by Crippen LogP contribution is -2.36. The van der Waals surface area contributed by atoms with Crippen LogP contribution in [0.15, 0.2) is 24.3 Å². The van der Waals surface area contributed by atoms with E-state index in [2.05, 4.69) is 13.8 Å². The van der Waals surface area contributed by atoms with Gasteiger partial charge in [-0.2, -0.15) is 0 Å². The number of rotatable bonds is 13. The summed E-state index contributed by atoms with van der Waals surface area (Å²) in [6.07, 6.45) is 9.43. The first-order valence-electron chi connectivity index (χ1n) is 9.33. The van der Waals surface area contributed by atoms with E-state index in [1.807, 2.05) is 4.90 Å². The van der Waals surface area contributed by atoms with Crippen LogP contribution in [0.3, 0.4) is 0 Å². The maximum atomic E-state index is 12.5. The van der Waals surface area contributed by atoms with Crippen molar-refractivity contribution >= 4 is 17.5 Å². The number of carbonyl (C=O) groups excluding carboxylic acids is 1. The van der Waals surface area contributed by atoms with Crippen molar-refractivity contribution in [2.75, 3.05) is 19.7 Å². The minimum absolute atomic E-state index is 0.0814. The van der Waals surface area contributed by atoms with Crippen molar-refractivity contribution in [1.29, 1.82) is 0 Å². The number of nitrogens with zero attached hydrogens (tertiary/aromatic N) is 1. The highest BCUT2D eigenvalue weighted by Crippen LogP contribution is 2.15. The van der Waals surface area contributed by atoms with Crippen LogP contribution in [0, 0.1) is 0 Å². The largest absolute Gasteiger partial charge is 0.484 e. The minimum atomic E-state index is 0.0814. The number of ether oxygens (including phenoxy) is 1. The fourth-order valence-corrected chi connectivity index (χ4v) is 2.71. The molecule has 24 heavy (non-hydrogen) atoms. The van der Waals surface area contributed by atoms with Gasteiger partial charge in [-0.05, 0) is 37.1 Å². The number of amides is 1. The Bertz CT molecular complexity index is 435. The van der Waals surface area contributed by atoms with Gasteiger partial charge < -0.3 is 9.64 Å². The standard InChI is InChI=1S/C20H32ClNO2/c1-3-5-7-9-15-22(16-10-8-6-4-2)20(23)17-24-19-13-11-18(21)12-14-19/h11-14H,3-10,15-17H2,1-2H3. The molecular weight excluding hydrogens is 322 g/mol. The van der Waals surface area contributed by atoms with Crippen molar-refractivity contribution in [3.05, 3.63) is 29.3 Å². The zero-order valence-corrected chi connectivity index (χ0v) is 16.0. The van der Waals surface area contributed by atoms with Gasteiger partial charge in [0.15, 0.2) is 6.61 Å². The summed E-state index contributed by atoms with van der Waals surface area (Å²) >= 11 is 5.86. The normalized spacial score (nSPS) is 10.6. The molecule has 0 aliphatic carbocycles. The molecular formula is C20H32ClNO2. The number of unbranched alkanes of at least 4 members (excludes halogenated alkanes) is 6. The Balaban J connectivity index is 2.42. The number of carbonyl (C=O) groups is 1. The van der Waals surface area contributed by atoms with Crippen molar-refractivity contribution in [2.24, 2.45) is 0 Å². The zero-order valence-electron chi connectivity index (χ0n) is 15.2. The molecule has 0 atom stereocenters. The van der Waals surface area contributed by atoms with Crippen molar-refractivity contribution in [3.8, 4) is 5.75 Å². The fraction of sp³-hybridized carbons (Fsp3) is 0.650. The van der Waals surface area contributed by atoms with E-state index in [4.69, 9.17) is 16.3 Å². The van der Waals surface area contributed by atoms with Crippen molar-refractivity contribution < 1.29 is 9.53 Å². The number of benzene rings is 1. The van der Waals surface area contributed by atoms with Crippen molar-refractivity contribution in [3.63, 3.8) is 0 Å². The summed E-state index contributed by atoms with van der Waals surface area (Å²) in [5, 5.41) is 0.669. The molecule has 3 nitrogen and oxygen atoms in total. The van der Waals surface area contributed by atoms with Gasteiger partial charge in [0.25, 0.3) is 5.91 Å². The highest BCUT2D eigenvalue weighted by Gasteiger charge is 2.13. The predicted octanol–water partition coefficient (Wildman–Crippen LogP) is 5.71. The Morgan fingerprint density at radius 1 is 0.917 bits per heavy atom. The number of halogens is 1. The first-order valence-corrected chi connectivity index (χ1v) is 9.71. The van der Waals surface area contributed by atoms with E-state index < -0.39 is 0 Å². The lowest BCUT2D eigenvalue weighted by atomic mass is 10.1. The van der Waals surface area contributed by atoms with E-state index in [0.717, 1.165) is 25.9 Å². The molecule has 1 amide bonds. The third kappa shape index (κ3) is 9.17. The van der Waals surface area contributed by atoms with Gasteiger partial charge in [0.05, 0.1) is 0 Å². The van der Waals surface area contributed by atoms with Gasteiger partial charge in [0.1, 0.15) is 5.75 Å². The van der Waals surface area contributed by atoms with Gasteiger partial charge in [0.2, 0.25) is 0 Å². The van der Waals surface area contributed by atoms with Crippen molar-refractivity contribution in [1.82, 2.24) is 4.90 Å². The van der Waals surface area contributed by atoms with Gasteiger partial charge >= 0.3 is 0 Å². The second-order valence-corrected chi connectivity index (χ2v) is 6.68. The van der Waals surface area contributed by atoms with Crippen LogP contribution in [-0.4, -0.2) is 30.5 Å². The molecule has 0 saturated carbocycles. The Morgan fingerprint density at radius 3 is 1.96 bits per heavy atom. The highest BCUT2D eigenvalue weighted by molar-refractivity contribution is 6.30. The average molecular weight is 354 g/mol. The average Bonchev–Trinajstić information content (AvgIpc) is 2.59. The summed E-state index contributed by atoms with van der Waals surface area (Å²) < 4.78 is 5.61. The molecule has 0 aromatic heterocycles. The summed E-state index contributed by atoms with van der Waals surface area (Å²) in [7, 11) is 0. The molecule has 1 aromatic rings. The van der Waals surface area contributed by atoms with Crippen LogP contribution in [0.1, 0.15) is 65.2 Å². The van der Waals surface area contributed by atoms with Crippen LogP contribution in [-0.2, 0) is 4.79 Å². The summed E-state index contributed by atoms with van der Waals surface area (Å²) in [6, 6.07) is 7.13. The molecule has 0 aliphatic rings. The topological polar surface area (TPSA) is 29.5 Å². The lowest BCUT2D eigenvalue weighted by Gasteiger charge is -2.23. The molecule has 0 spiro atoms. The Kier molecular flexibility index (Phi) is 11.4. The van der Waals surface area contributed by atoms with Gasteiger partial charge in [0, 0.05) is 18.1 Å². The van der Waals surface area contributed by atoms with E-state index in [1.54, 1.807) is 24.3 Å². The summed E-state index contributed by atoms with van der Waals surface area (Å²) in [5.41, 5.74) is 0. The number of hydrogen-bond donors (Lipinski definition) is 0. The van der Waals surface area contributed by atoms with Crippen LogP contribution >= 0.6 is 11.6 Å². The van der Waals surface area contributed by atoms with Crippen LogP contribution in [0.5, 0.6) is 5.75 Å². The van der Waals surface area contributed by atoms with Crippen LogP contribution in [0.4, 0.5) is 0 Å². The van der Waals surface area contributed by atoms with E-state index in [9.17, 15) is 4.79 Å². The smallest absolute Gasteiger partial charge is 0.260 e. The Morgan fingerprint density at radius 2 is 1.46 bits per heavy atom. The van der Waals surface area contributed by atoms with Gasteiger partial charge in [-0.15, -0.1) is 0 Å². The SMILES string of the molecule is CCCCCCN(CCCCCC)C(=O)COc1ccc(Cl)cc1. The second kappa shape index (κ2) is 13.1. The molecule has 1 rings (SSSR count). The van der Waals surface area contributed by atoms with E-state index in [0.29, 0.717) is 10.8 Å². The quantitative estimate of drug-likeness (QED) is 0.425. The van der Waals surface area contributed by atoms with E-state index >= 15 is 0 Å². The summed E-state index contributed by atoms with van der Waals surface area (Å²) in [4.78, 5) is 14.5. The van der Waals surface area contributed by atoms with Gasteiger partial charge in [-0.25, -0.2) is 0 Å². The Labute approximate surface area is 152 Å². The summed E-state index contributed by atoms with van der Waals surface area (Å²) in [6.45, 7) is 6.19. The van der Waals surface area contributed by atoms with E-state index in [1.165, 1.54) is 38.5 Å². The number of hydrogen-bond acceptors (Lipinski definition) is 2. The van der Waals surface area contributed by atoms with E-state index in [-0.39, 0.29) is 12.5 Å². The third-order valence-electron chi connectivity index (χ3n) is 4.09. The first kappa shape index (κ1) is 20.8. The molecule has 0 radical (unpaired) electrons. The molecule has 0 saturated heterocycles. The molecule has 0 bridgehead atoms. The third-order valence-corrected chi connectivity index (χ3v) is 4.34. The molecule has 0 fully saturated rings. The van der Waals surface area contributed by atoms with Crippen LogP contribution in [0.25, 0.3) is 0 Å². The lowest BCUT2D eigenvalue weighted by molar-refractivity contribution is -0.133. The molecule has 4 heteroatoms. The van der Waals surface area contributed by atoms with Crippen LogP contribution < -0.4 is 4.74 Å². The molecule has 0 N–H and O–H groups in total. The van der Waals surface area contributed by atoms with Gasteiger partial charge in [-0.1, -0.05) is 64.0 Å². The fourth-order valence-electron chi connectivity index (χ4n) is 2.59. The maximum absolute atomic E-state index is 12.5. The Hall–Kier alpha value is -1.22. The predicted molar refractivity (Wildman–Crippen MR) is 102 cm³/mol. The molecule has 0 heterocycles. The molecule has 0 aliphatic heterocycles. The molecule has 0 unspecified atom stereocenters. The maximum Gasteiger partial charge on any atom is 0.260 e. The highest BCUT2D eigenvalue weighted by atomic mass is 35.5.